The van der Waals surface area contributed by atoms with Crippen LogP contribution in [0.2, 0.25) is 0 Å². The van der Waals surface area contributed by atoms with Crippen LogP contribution >= 0.6 is 0 Å². The number of rotatable bonds is 7. The zero-order chi connectivity index (χ0) is 22.8. The van der Waals surface area contributed by atoms with Crippen molar-refractivity contribution in [2.45, 2.75) is 12.5 Å². The van der Waals surface area contributed by atoms with E-state index in [1.165, 1.54) is 30.0 Å². The average molecular weight is 438 g/mol. The number of benzene rings is 2. The molecule has 2 amide bonds. The maximum Gasteiger partial charge on any atom is 0.273 e. The lowest BCUT2D eigenvalue weighted by atomic mass is 10.2. The molecule has 0 saturated heterocycles. The first-order valence-corrected chi connectivity index (χ1v) is 9.43. The molecule has 4 rings (SSSR count). The summed E-state index contributed by atoms with van der Waals surface area (Å²) in [7, 11) is 2.90. The van der Waals surface area contributed by atoms with E-state index in [1.807, 2.05) is 0 Å². The summed E-state index contributed by atoms with van der Waals surface area (Å²) < 4.78 is 11.6. The summed E-state index contributed by atoms with van der Waals surface area (Å²) in [5.41, 5.74) is 0.799. The van der Waals surface area contributed by atoms with Crippen molar-refractivity contribution in [3.05, 3.63) is 52.6 Å². The minimum Gasteiger partial charge on any atom is -0.497 e. The maximum atomic E-state index is 12.6. The third-order valence-electron chi connectivity index (χ3n) is 4.86. The van der Waals surface area contributed by atoms with E-state index in [0.29, 0.717) is 11.6 Å². The first-order chi connectivity index (χ1) is 15.4. The summed E-state index contributed by atoms with van der Waals surface area (Å²) in [5, 5.41) is 20.5. The third-order valence-corrected chi connectivity index (χ3v) is 4.86. The van der Waals surface area contributed by atoms with Crippen LogP contribution in [0.5, 0.6) is 11.5 Å². The van der Waals surface area contributed by atoms with E-state index in [4.69, 9.17) is 9.47 Å². The number of anilines is 2. The standard InChI is InChI=1S/C20H18N6O6/c1-31-13-6-3-11(4-7-13)18-22-20-23-19(28)15(25(20)24-18)10-17(27)21-14-8-5-12(26(29)30)9-16(14)32-2/h3-9,15H,10H2,1-2H3,(H,21,27)(H,22,23,24,28)/t15-/m0/s1. The van der Waals surface area contributed by atoms with E-state index in [1.54, 1.807) is 31.4 Å². The van der Waals surface area contributed by atoms with Crippen LogP contribution in [0.25, 0.3) is 11.4 Å². The molecule has 3 aromatic rings. The molecule has 0 unspecified atom stereocenters. The van der Waals surface area contributed by atoms with E-state index in [9.17, 15) is 19.7 Å². The Morgan fingerprint density at radius 2 is 1.97 bits per heavy atom. The fraction of sp³-hybridized carbons (Fsp3) is 0.200. The van der Waals surface area contributed by atoms with Crippen molar-refractivity contribution in [2.24, 2.45) is 0 Å². The molecule has 0 bridgehead atoms. The third kappa shape index (κ3) is 3.93. The molecule has 12 nitrogen and oxygen atoms in total. The minimum absolute atomic E-state index is 0.131. The van der Waals surface area contributed by atoms with Crippen LogP contribution in [-0.2, 0) is 9.59 Å². The van der Waals surface area contributed by atoms with Gasteiger partial charge in [-0.1, -0.05) is 0 Å². The second-order valence-corrected chi connectivity index (χ2v) is 6.83. The van der Waals surface area contributed by atoms with Crippen LogP contribution in [-0.4, -0.2) is 45.7 Å². The smallest absolute Gasteiger partial charge is 0.273 e. The molecule has 2 aromatic carbocycles. The molecule has 12 heteroatoms. The van der Waals surface area contributed by atoms with Crippen molar-refractivity contribution in [2.75, 3.05) is 24.9 Å². The molecule has 0 spiro atoms. The molecule has 1 aliphatic rings. The SMILES string of the molecule is COc1ccc(-c2nc3n(n2)[C@@H](CC(=O)Nc2ccc([N+](=O)[O-])cc2OC)C(=O)N3)cc1. The van der Waals surface area contributed by atoms with Gasteiger partial charge in [0.1, 0.15) is 17.5 Å². The molecule has 32 heavy (non-hydrogen) atoms. The first kappa shape index (κ1) is 20.8. The molecule has 164 valence electrons. The van der Waals surface area contributed by atoms with E-state index >= 15 is 0 Å². The Morgan fingerprint density at radius 1 is 1.22 bits per heavy atom. The van der Waals surface area contributed by atoms with Gasteiger partial charge in [0.25, 0.3) is 11.6 Å². The Bertz CT molecular complexity index is 1210. The van der Waals surface area contributed by atoms with Crippen LogP contribution in [0.1, 0.15) is 12.5 Å². The quantitative estimate of drug-likeness (QED) is 0.422. The molecule has 1 aliphatic heterocycles. The number of carbonyl (C=O) groups excluding carboxylic acids is 2. The Kier molecular flexibility index (Phi) is 5.41. The van der Waals surface area contributed by atoms with Crippen LogP contribution < -0.4 is 20.1 Å². The molecule has 0 saturated carbocycles. The second kappa shape index (κ2) is 8.34. The van der Waals surface area contributed by atoms with Crippen molar-refractivity contribution in [1.29, 1.82) is 0 Å². The van der Waals surface area contributed by atoms with Crippen molar-refractivity contribution in [1.82, 2.24) is 14.8 Å². The number of non-ortho nitro benzene ring substituents is 1. The highest BCUT2D eigenvalue weighted by Crippen LogP contribution is 2.31. The molecule has 1 aromatic heterocycles. The number of methoxy groups -OCH3 is 2. The van der Waals surface area contributed by atoms with E-state index in [-0.39, 0.29) is 29.5 Å². The van der Waals surface area contributed by atoms with Gasteiger partial charge in [-0.15, -0.1) is 5.10 Å². The minimum atomic E-state index is -0.895. The number of nitro groups is 1. The fourth-order valence-corrected chi connectivity index (χ4v) is 3.25. The van der Waals surface area contributed by atoms with E-state index in [0.717, 1.165) is 5.56 Å². The Morgan fingerprint density at radius 3 is 2.62 bits per heavy atom. The lowest BCUT2D eigenvalue weighted by Crippen LogP contribution is -2.24. The highest BCUT2D eigenvalue weighted by molar-refractivity contribution is 6.01. The molecule has 2 heterocycles. The van der Waals surface area contributed by atoms with Gasteiger partial charge in [0.15, 0.2) is 5.82 Å². The summed E-state index contributed by atoms with van der Waals surface area (Å²) in [5.74, 6) is 0.548. The summed E-state index contributed by atoms with van der Waals surface area (Å²) in [6.07, 6.45) is -0.218. The number of nitrogens with one attached hydrogen (secondary N) is 2. The monoisotopic (exact) mass is 438 g/mol. The number of carbonyl (C=O) groups is 2. The number of nitro benzene ring substituents is 1. The van der Waals surface area contributed by atoms with Gasteiger partial charge in [-0.3, -0.25) is 25.0 Å². The van der Waals surface area contributed by atoms with Crippen LogP contribution in [0.4, 0.5) is 17.3 Å². The van der Waals surface area contributed by atoms with Gasteiger partial charge in [-0.2, -0.15) is 4.98 Å². The second-order valence-electron chi connectivity index (χ2n) is 6.83. The molecular formula is C20H18N6O6. The predicted octanol–water partition coefficient (Wildman–Crippen LogP) is 2.39. The van der Waals surface area contributed by atoms with Gasteiger partial charge in [-0.25, -0.2) is 4.68 Å². The number of aromatic nitrogens is 3. The predicted molar refractivity (Wildman–Crippen MR) is 113 cm³/mol. The van der Waals surface area contributed by atoms with Gasteiger partial charge in [0.2, 0.25) is 11.9 Å². The average Bonchev–Trinajstić information content (AvgIpc) is 3.32. The fourth-order valence-electron chi connectivity index (χ4n) is 3.25. The summed E-state index contributed by atoms with van der Waals surface area (Å²) in [6, 6.07) is 10.0. The van der Waals surface area contributed by atoms with E-state index in [2.05, 4.69) is 20.7 Å². The Labute approximate surface area is 181 Å². The van der Waals surface area contributed by atoms with Crippen molar-refractivity contribution < 1.29 is 24.0 Å². The highest BCUT2D eigenvalue weighted by Gasteiger charge is 2.35. The number of nitrogens with zero attached hydrogens (tertiary/aromatic N) is 4. The van der Waals surface area contributed by atoms with Gasteiger partial charge in [0, 0.05) is 11.6 Å². The summed E-state index contributed by atoms with van der Waals surface area (Å²) in [6.45, 7) is 0. The maximum absolute atomic E-state index is 12.6. The normalized spacial score (nSPS) is 14.4. The molecule has 0 radical (unpaired) electrons. The number of fused-ring (bicyclic) bond motifs is 1. The lowest BCUT2D eigenvalue weighted by Gasteiger charge is -2.12. The van der Waals surface area contributed by atoms with Crippen LogP contribution in [0.3, 0.4) is 0 Å². The van der Waals surface area contributed by atoms with Gasteiger partial charge >= 0.3 is 0 Å². The van der Waals surface area contributed by atoms with Gasteiger partial charge < -0.3 is 14.8 Å². The number of hydrogen-bond donors (Lipinski definition) is 2. The van der Waals surface area contributed by atoms with Crippen molar-refractivity contribution in [3.8, 4) is 22.9 Å². The Hall–Kier alpha value is -4.48. The van der Waals surface area contributed by atoms with Gasteiger partial charge in [-0.05, 0) is 30.3 Å². The molecule has 0 fully saturated rings. The van der Waals surface area contributed by atoms with Crippen molar-refractivity contribution >= 4 is 29.1 Å². The molecular weight excluding hydrogens is 420 g/mol. The molecule has 0 aliphatic carbocycles. The number of amides is 2. The topological polar surface area (TPSA) is 151 Å². The molecule has 1 atom stereocenters. The van der Waals surface area contributed by atoms with Crippen molar-refractivity contribution in [3.63, 3.8) is 0 Å². The first-order valence-electron chi connectivity index (χ1n) is 9.43. The zero-order valence-electron chi connectivity index (χ0n) is 17.1. The van der Waals surface area contributed by atoms with E-state index < -0.39 is 22.8 Å². The summed E-state index contributed by atoms with van der Waals surface area (Å²) >= 11 is 0. The number of ether oxygens (including phenoxy) is 2. The van der Waals surface area contributed by atoms with Crippen LogP contribution in [0.15, 0.2) is 42.5 Å². The molecule has 2 N–H and O–H groups in total. The largest absolute Gasteiger partial charge is 0.497 e. The number of hydrogen-bond acceptors (Lipinski definition) is 8. The van der Waals surface area contributed by atoms with Gasteiger partial charge in [0.05, 0.1) is 37.3 Å². The lowest BCUT2D eigenvalue weighted by molar-refractivity contribution is -0.384. The highest BCUT2D eigenvalue weighted by atomic mass is 16.6. The zero-order valence-corrected chi connectivity index (χ0v) is 17.1. The van der Waals surface area contributed by atoms with Crippen LogP contribution in [0, 0.1) is 10.1 Å². The Balaban J connectivity index is 1.51. The summed E-state index contributed by atoms with van der Waals surface area (Å²) in [4.78, 5) is 39.6.